The van der Waals surface area contributed by atoms with Gasteiger partial charge in [0.15, 0.2) is 15.7 Å². The zero-order valence-corrected chi connectivity index (χ0v) is 17.3. The van der Waals surface area contributed by atoms with Crippen molar-refractivity contribution in [3.05, 3.63) is 66.6 Å². The lowest BCUT2D eigenvalue weighted by molar-refractivity contribution is -0.120. The molecule has 1 N–H and O–H groups in total. The lowest BCUT2D eigenvalue weighted by Crippen LogP contribution is -2.28. The maximum Gasteiger partial charge on any atom is 0.224 e. The van der Waals surface area contributed by atoms with Gasteiger partial charge in [-0.15, -0.1) is 0 Å². The van der Waals surface area contributed by atoms with E-state index in [0.29, 0.717) is 13.1 Å². The van der Waals surface area contributed by atoms with Gasteiger partial charge in [-0.2, -0.15) is 0 Å². The summed E-state index contributed by atoms with van der Waals surface area (Å²) in [7, 11) is -3.30. The molecule has 29 heavy (non-hydrogen) atoms. The fourth-order valence-corrected chi connectivity index (χ4v) is 3.91. The maximum absolute atomic E-state index is 12.2. The summed E-state index contributed by atoms with van der Waals surface area (Å²) in [5.74, 6) is 0.630. The van der Waals surface area contributed by atoms with Crippen molar-refractivity contribution in [2.75, 3.05) is 6.54 Å². The number of imidazole rings is 1. The van der Waals surface area contributed by atoms with Gasteiger partial charge in [0.25, 0.3) is 0 Å². The summed E-state index contributed by atoms with van der Waals surface area (Å²) in [5, 5.41) is 2.41. The second kappa shape index (κ2) is 9.00. The minimum atomic E-state index is -3.30. The van der Waals surface area contributed by atoms with Crippen molar-refractivity contribution in [2.24, 2.45) is 0 Å². The number of amides is 1. The summed E-state index contributed by atoms with van der Waals surface area (Å²) in [6, 6.07) is 12.1. The second-order valence-corrected chi connectivity index (χ2v) is 9.43. The number of nitrogens with zero attached hydrogens (tertiary/aromatic N) is 3. The fourth-order valence-electron chi connectivity index (χ4n) is 2.85. The molecule has 2 aromatic heterocycles. The molecule has 0 fully saturated rings. The number of benzene rings is 1. The van der Waals surface area contributed by atoms with Crippen molar-refractivity contribution >= 4 is 15.7 Å². The highest BCUT2D eigenvalue weighted by molar-refractivity contribution is 7.92. The van der Waals surface area contributed by atoms with Crippen LogP contribution in [0.25, 0.3) is 11.5 Å². The van der Waals surface area contributed by atoms with Crippen LogP contribution in [-0.2, 0) is 27.6 Å². The van der Waals surface area contributed by atoms with E-state index in [2.05, 4.69) is 15.3 Å². The van der Waals surface area contributed by atoms with Gasteiger partial charge in [0, 0.05) is 31.7 Å². The van der Waals surface area contributed by atoms with E-state index in [-0.39, 0.29) is 17.2 Å². The third-order valence-corrected chi connectivity index (χ3v) is 6.69. The molecule has 1 amide bonds. The van der Waals surface area contributed by atoms with Gasteiger partial charge in [-0.25, -0.2) is 13.4 Å². The van der Waals surface area contributed by atoms with Crippen LogP contribution in [0.1, 0.15) is 19.4 Å². The van der Waals surface area contributed by atoms with Crippen molar-refractivity contribution in [3.63, 3.8) is 0 Å². The van der Waals surface area contributed by atoms with E-state index in [0.717, 1.165) is 17.1 Å². The first-order valence-corrected chi connectivity index (χ1v) is 10.9. The van der Waals surface area contributed by atoms with Gasteiger partial charge in [0.1, 0.15) is 5.69 Å². The highest BCUT2D eigenvalue weighted by atomic mass is 32.2. The largest absolute Gasteiger partial charge is 0.354 e. The van der Waals surface area contributed by atoms with E-state index in [4.69, 9.17) is 0 Å². The number of carbonyl (C=O) groups excluding carboxylic acids is 1. The zero-order chi connectivity index (χ0) is 20.9. The minimum absolute atomic E-state index is 0.121. The highest BCUT2D eigenvalue weighted by Crippen LogP contribution is 2.17. The Labute approximate surface area is 170 Å². The quantitative estimate of drug-likeness (QED) is 0.613. The zero-order valence-electron chi connectivity index (χ0n) is 16.4. The van der Waals surface area contributed by atoms with Crippen LogP contribution in [0.3, 0.4) is 0 Å². The standard InChI is InChI=1S/C21H24N4O3S/c1-16(2)29(27,28)18-8-6-17(7-9-18)15-20(26)23-11-13-25-14-12-24-21(25)19-5-3-4-10-22-19/h3-10,12,14,16H,11,13,15H2,1-2H3,(H,23,26). The van der Waals surface area contributed by atoms with Crippen LogP contribution < -0.4 is 5.32 Å². The molecule has 0 aliphatic heterocycles. The predicted octanol–water partition coefficient (Wildman–Crippen LogP) is 2.49. The molecule has 0 bridgehead atoms. The highest BCUT2D eigenvalue weighted by Gasteiger charge is 2.18. The molecule has 0 atom stereocenters. The first-order chi connectivity index (χ1) is 13.9. The molecule has 0 saturated heterocycles. The van der Waals surface area contributed by atoms with Crippen LogP contribution >= 0.6 is 0 Å². The number of pyridine rings is 1. The fraction of sp³-hybridized carbons (Fsp3) is 0.286. The molecule has 0 spiro atoms. The van der Waals surface area contributed by atoms with Gasteiger partial charge in [0.2, 0.25) is 5.91 Å². The molecule has 1 aromatic carbocycles. The SMILES string of the molecule is CC(C)S(=O)(=O)c1ccc(CC(=O)NCCn2ccnc2-c2ccccn2)cc1. The summed E-state index contributed by atoms with van der Waals surface area (Å²) in [6.07, 6.45) is 5.47. The van der Waals surface area contributed by atoms with Crippen molar-refractivity contribution in [2.45, 2.75) is 37.0 Å². The summed E-state index contributed by atoms with van der Waals surface area (Å²) < 4.78 is 26.3. The summed E-state index contributed by atoms with van der Waals surface area (Å²) >= 11 is 0. The second-order valence-electron chi connectivity index (χ2n) is 6.92. The number of rotatable bonds is 8. The lowest BCUT2D eigenvalue weighted by Gasteiger charge is -2.10. The van der Waals surface area contributed by atoms with Crippen molar-refractivity contribution < 1.29 is 13.2 Å². The van der Waals surface area contributed by atoms with Crippen LogP contribution in [0.15, 0.2) is 66.0 Å². The van der Waals surface area contributed by atoms with Gasteiger partial charge in [-0.05, 0) is 43.7 Å². The van der Waals surface area contributed by atoms with E-state index >= 15 is 0 Å². The minimum Gasteiger partial charge on any atom is -0.354 e. The Morgan fingerprint density at radius 1 is 1.07 bits per heavy atom. The van der Waals surface area contributed by atoms with Crippen LogP contribution in [0.2, 0.25) is 0 Å². The number of aromatic nitrogens is 3. The number of nitrogens with one attached hydrogen (secondary N) is 1. The van der Waals surface area contributed by atoms with Crippen LogP contribution in [-0.4, -0.2) is 40.7 Å². The van der Waals surface area contributed by atoms with Gasteiger partial charge in [0.05, 0.1) is 16.6 Å². The van der Waals surface area contributed by atoms with Gasteiger partial charge in [-0.3, -0.25) is 9.78 Å². The first-order valence-electron chi connectivity index (χ1n) is 9.40. The van der Waals surface area contributed by atoms with Gasteiger partial charge >= 0.3 is 0 Å². The maximum atomic E-state index is 12.2. The average Bonchev–Trinajstić information content (AvgIpc) is 3.17. The van der Waals surface area contributed by atoms with E-state index in [1.807, 2.05) is 29.0 Å². The monoisotopic (exact) mass is 412 g/mol. The molecule has 0 unspecified atom stereocenters. The molecule has 0 saturated carbocycles. The topological polar surface area (TPSA) is 94.0 Å². The molecule has 0 aliphatic rings. The normalized spacial score (nSPS) is 11.6. The van der Waals surface area contributed by atoms with Crippen LogP contribution in [0.4, 0.5) is 0 Å². The molecule has 2 heterocycles. The molecular weight excluding hydrogens is 388 g/mol. The molecule has 8 heteroatoms. The lowest BCUT2D eigenvalue weighted by atomic mass is 10.1. The number of carbonyl (C=O) groups is 1. The Morgan fingerprint density at radius 2 is 1.83 bits per heavy atom. The molecule has 0 aliphatic carbocycles. The van der Waals surface area contributed by atoms with E-state index in [1.165, 1.54) is 0 Å². The Morgan fingerprint density at radius 3 is 2.48 bits per heavy atom. The number of hydrogen-bond donors (Lipinski definition) is 1. The van der Waals surface area contributed by atoms with E-state index in [9.17, 15) is 13.2 Å². The molecular formula is C21H24N4O3S. The predicted molar refractivity (Wildman–Crippen MR) is 111 cm³/mol. The van der Waals surface area contributed by atoms with Crippen molar-refractivity contribution in [1.82, 2.24) is 19.9 Å². The van der Waals surface area contributed by atoms with E-state index < -0.39 is 15.1 Å². The molecule has 0 radical (unpaired) electrons. The number of hydrogen-bond acceptors (Lipinski definition) is 5. The summed E-state index contributed by atoms with van der Waals surface area (Å²) in [5.41, 5.74) is 1.54. The Balaban J connectivity index is 1.53. The number of sulfone groups is 1. The first kappa shape index (κ1) is 20.7. The van der Waals surface area contributed by atoms with Gasteiger partial charge in [-0.1, -0.05) is 18.2 Å². The van der Waals surface area contributed by atoms with Crippen molar-refractivity contribution in [3.8, 4) is 11.5 Å². The molecule has 152 valence electrons. The van der Waals surface area contributed by atoms with Crippen molar-refractivity contribution in [1.29, 1.82) is 0 Å². The average molecular weight is 413 g/mol. The summed E-state index contributed by atoms with van der Waals surface area (Å²) in [6.45, 7) is 4.32. The molecule has 3 rings (SSSR count). The smallest absolute Gasteiger partial charge is 0.224 e. The van der Waals surface area contributed by atoms with Gasteiger partial charge < -0.3 is 9.88 Å². The molecule has 7 nitrogen and oxygen atoms in total. The Hall–Kier alpha value is -3.00. The van der Waals surface area contributed by atoms with Crippen LogP contribution in [0, 0.1) is 0 Å². The third-order valence-electron chi connectivity index (χ3n) is 4.52. The Bertz CT molecular complexity index is 1060. The summed E-state index contributed by atoms with van der Waals surface area (Å²) in [4.78, 5) is 21.1. The third kappa shape index (κ3) is 5.08. The van der Waals surface area contributed by atoms with Crippen LogP contribution in [0.5, 0.6) is 0 Å². The Kier molecular flexibility index (Phi) is 6.43. The van der Waals surface area contributed by atoms with E-state index in [1.54, 1.807) is 50.5 Å². The molecule has 3 aromatic rings.